The summed E-state index contributed by atoms with van der Waals surface area (Å²) in [4.78, 5) is 18.1. The van der Waals surface area contributed by atoms with E-state index < -0.39 is 0 Å². The Morgan fingerprint density at radius 2 is 1.89 bits per heavy atom. The van der Waals surface area contributed by atoms with Crippen LogP contribution in [0.2, 0.25) is 0 Å². The predicted molar refractivity (Wildman–Crippen MR) is 116 cm³/mol. The van der Waals surface area contributed by atoms with E-state index in [4.69, 9.17) is 9.72 Å². The first-order valence-corrected chi connectivity index (χ1v) is 10.4. The van der Waals surface area contributed by atoms with Crippen LogP contribution in [-0.2, 0) is 0 Å². The molecule has 0 radical (unpaired) electrons. The Balaban J connectivity index is 1.82. The van der Waals surface area contributed by atoms with Gasteiger partial charge in [-0.15, -0.1) is 0 Å². The van der Waals surface area contributed by atoms with Crippen LogP contribution >= 0.6 is 15.9 Å². The van der Waals surface area contributed by atoms with Crippen LogP contribution in [0.15, 0.2) is 56.8 Å². The van der Waals surface area contributed by atoms with Crippen molar-refractivity contribution in [2.24, 2.45) is 5.10 Å². The molecule has 0 atom stereocenters. The van der Waals surface area contributed by atoms with Crippen LogP contribution in [0.25, 0.3) is 10.9 Å². The van der Waals surface area contributed by atoms with E-state index in [0.717, 1.165) is 40.0 Å². The minimum Gasteiger partial charge on any atom is -0.497 e. The minimum atomic E-state index is -0.128. The third kappa shape index (κ3) is 3.87. The van der Waals surface area contributed by atoms with Crippen LogP contribution in [0.3, 0.4) is 0 Å². The summed E-state index contributed by atoms with van der Waals surface area (Å²) >= 11 is 3.45. The van der Waals surface area contributed by atoms with Crippen LogP contribution in [0, 0.1) is 0 Å². The Morgan fingerprint density at radius 3 is 2.61 bits per heavy atom. The monoisotopic (exact) mass is 439 g/mol. The lowest BCUT2D eigenvalue weighted by Crippen LogP contribution is -2.25. The number of hydrogen-bond donors (Lipinski definition) is 0. The molecule has 0 amide bonds. The van der Waals surface area contributed by atoms with E-state index in [1.165, 1.54) is 23.9 Å². The van der Waals surface area contributed by atoms with Gasteiger partial charge < -0.3 is 4.74 Å². The number of methoxy groups -OCH3 is 1. The summed E-state index contributed by atoms with van der Waals surface area (Å²) in [5.41, 5.74) is 1.50. The Labute approximate surface area is 172 Å². The fraction of sp³-hybridized carbons (Fsp3) is 0.318. The molecule has 28 heavy (non-hydrogen) atoms. The molecule has 1 saturated carbocycles. The maximum absolute atomic E-state index is 13.2. The Bertz CT molecular complexity index is 1070. The molecule has 1 heterocycles. The van der Waals surface area contributed by atoms with Gasteiger partial charge in [-0.2, -0.15) is 9.78 Å². The molecule has 0 spiro atoms. The lowest BCUT2D eigenvalue weighted by molar-refractivity contribution is 0.415. The molecule has 1 aromatic heterocycles. The van der Waals surface area contributed by atoms with Gasteiger partial charge in [-0.25, -0.2) is 4.98 Å². The summed E-state index contributed by atoms with van der Waals surface area (Å²) in [6, 6.07) is 13.2. The van der Waals surface area contributed by atoms with Gasteiger partial charge in [0.15, 0.2) is 0 Å². The molecule has 0 unspecified atom stereocenters. The number of ether oxygens (including phenoxy) is 1. The molecule has 0 aliphatic heterocycles. The molecule has 1 aliphatic carbocycles. The highest BCUT2D eigenvalue weighted by atomic mass is 79.9. The van der Waals surface area contributed by atoms with Gasteiger partial charge in [-0.3, -0.25) is 4.79 Å². The van der Waals surface area contributed by atoms with Crippen molar-refractivity contribution in [3.8, 4) is 5.75 Å². The van der Waals surface area contributed by atoms with Crippen LogP contribution in [0.4, 0.5) is 0 Å². The molecule has 5 nitrogen and oxygen atoms in total. The molecule has 0 N–H and O–H groups in total. The summed E-state index contributed by atoms with van der Waals surface area (Å²) in [6.45, 7) is 0. The zero-order valence-electron chi connectivity index (χ0n) is 15.8. The van der Waals surface area contributed by atoms with E-state index in [-0.39, 0.29) is 11.5 Å². The Kier molecular flexibility index (Phi) is 5.57. The van der Waals surface area contributed by atoms with Gasteiger partial charge in [-0.05, 0) is 60.9 Å². The Hall–Kier alpha value is -2.47. The van der Waals surface area contributed by atoms with Crippen molar-refractivity contribution >= 4 is 33.0 Å². The van der Waals surface area contributed by atoms with Gasteiger partial charge in [0.1, 0.15) is 11.6 Å². The molecule has 144 valence electrons. The Morgan fingerprint density at radius 1 is 1.14 bits per heavy atom. The normalized spacial score (nSPS) is 15.4. The molecule has 4 rings (SSSR count). The first kappa shape index (κ1) is 18.9. The zero-order valence-corrected chi connectivity index (χ0v) is 17.4. The van der Waals surface area contributed by atoms with E-state index in [2.05, 4.69) is 21.0 Å². The quantitative estimate of drug-likeness (QED) is 0.531. The van der Waals surface area contributed by atoms with E-state index >= 15 is 0 Å². The highest BCUT2D eigenvalue weighted by molar-refractivity contribution is 9.10. The standard InChI is InChI=1S/C22H22BrN3O2/c1-28-18-10-7-15(8-11-18)14-24-26-21(16-5-3-2-4-6-16)25-20-12-9-17(23)13-19(20)22(26)27/h7-14,16H,2-6H2,1H3. The van der Waals surface area contributed by atoms with Crippen molar-refractivity contribution in [3.05, 3.63) is 68.7 Å². The highest BCUT2D eigenvalue weighted by Gasteiger charge is 2.22. The van der Waals surface area contributed by atoms with Crippen molar-refractivity contribution in [1.82, 2.24) is 9.66 Å². The van der Waals surface area contributed by atoms with E-state index in [1.807, 2.05) is 42.5 Å². The number of benzene rings is 2. The first-order valence-electron chi connectivity index (χ1n) is 9.56. The second-order valence-corrected chi connectivity index (χ2v) is 8.02. The number of aromatic nitrogens is 2. The summed E-state index contributed by atoms with van der Waals surface area (Å²) in [5.74, 6) is 1.82. The molecule has 1 aliphatic rings. The number of fused-ring (bicyclic) bond motifs is 1. The minimum absolute atomic E-state index is 0.128. The van der Waals surface area contributed by atoms with Gasteiger partial charge >= 0.3 is 0 Å². The van der Waals surface area contributed by atoms with Gasteiger partial charge in [-0.1, -0.05) is 35.2 Å². The lowest BCUT2D eigenvalue weighted by Gasteiger charge is -2.22. The van der Waals surface area contributed by atoms with Crippen LogP contribution in [-0.4, -0.2) is 23.0 Å². The smallest absolute Gasteiger partial charge is 0.282 e. The fourth-order valence-corrected chi connectivity index (χ4v) is 4.08. The van der Waals surface area contributed by atoms with Gasteiger partial charge in [0.05, 0.1) is 24.2 Å². The molecule has 0 bridgehead atoms. The van der Waals surface area contributed by atoms with Crippen LogP contribution in [0.5, 0.6) is 5.75 Å². The molecule has 6 heteroatoms. The molecular formula is C22H22BrN3O2. The van der Waals surface area contributed by atoms with Crippen molar-refractivity contribution in [3.63, 3.8) is 0 Å². The fourth-order valence-electron chi connectivity index (χ4n) is 3.72. The van der Waals surface area contributed by atoms with E-state index in [9.17, 15) is 4.79 Å². The molecule has 2 aromatic carbocycles. The van der Waals surface area contributed by atoms with E-state index in [0.29, 0.717) is 5.39 Å². The van der Waals surface area contributed by atoms with Crippen LogP contribution in [0.1, 0.15) is 49.4 Å². The molecule has 3 aromatic rings. The highest BCUT2D eigenvalue weighted by Crippen LogP contribution is 2.32. The third-order valence-electron chi connectivity index (χ3n) is 5.24. The van der Waals surface area contributed by atoms with Gasteiger partial charge in [0, 0.05) is 10.4 Å². The van der Waals surface area contributed by atoms with Crippen molar-refractivity contribution in [1.29, 1.82) is 0 Å². The summed E-state index contributed by atoms with van der Waals surface area (Å²) in [7, 11) is 1.64. The average Bonchev–Trinajstić information content (AvgIpc) is 2.74. The maximum atomic E-state index is 13.2. The van der Waals surface area contributed by atoms with Crippen molar-refractivity contribution in [2.75, 3.05) is 7.11 Å². The van der Waals surface area contributed by atoms with Gasteiger partial charge in [0.25, 0.3) is 5.56 Å². The summed E-state index contributed by atoms with van der Waals surface area (Å²) in [5, 5.41) is 5.12. The number of nitrogens with zero attached hydrogens (tertiary/aromatic N) is 3. The van der Waals surface area contributed by atoms with Gasteiger partial charge in [0.2, 0.25) is 0 Å². The summed E-state index contributed by atoms with van der Waals surface area (Å²) in [6.07, 6.45) is 7.39. The average molecular weight is 440 g/mol. The number of hydrogen-bond acceptors (Lipinski definition) is 4. The second kappa shape index (κ2) is 8.27. The van der Waals surface area contributed by atoms with E-state index in [1.54, 1.807) is 13.3 Å². The number of rotatable bonds is 4. The predicted octanol–water partition coefficient (Wildman–Crippen LogP) is 5.10. The molecule has 1 fully saturated rings. The first-order chi connectivity index (χ1) is 13.7. The third-order valence-corrected chi connectivity index (χ3v) is 5.74. The molecular weight excluding hydrogens is 418 g/mol. The SMILES string of the molecule is COc1ccc(C=Nn2c(C3CCCCC3)nc3ccc(Br)cc3c2=O)cc1. The zero-order chi connectivity index (χ0) is 19.5. The number of halogens is 1. The topological polar surface area (TPSA) is 56.5 Å². The van der Waals surface area contributed by atoms with Crippen LogP contribution < -0.4 is 10.3 Å². The van der Waals surface area contributed by atoms with Crippen molar-refractivity contribution < 1.29 is 4.74 Å². The second-order valence-electron chi connectivity index (χ2n) is 7.10. The lowest BCUT2D eigenvalue weighted by atomic mass is 9.88. The maximum Gasteiger partial charge on any atom is 0.282 e. The summed E-state index contributed by atoms with van der Waals surface area (Å²) < 4.78 is 7.55. The molecule has 0 saturated heterocycles. The largest absolute Gasteiger partial charge is 0.497 e. The van der Waals surface area contributed by atoms with Crippen molar-refractivity contribution in [2.45, 2.75) is 38.0 Å².